The zero-order valence-electron chi connectivity index (χ0n) is 11.4. The van der Waals surface area contributed by atoms with E-state index in [9.17, 15) is 4.79 Å². The minimum absolute atomic E-state index is 0.184. The standard InChI is InChI=1S/C13H25NO4/c1-3-14-12(13(15)17-4-2)10-16-9-11-7-5-6-8-18-11/h11-12,14H,3-10H2,1-2H3. The summed E-state index contributed by atoms with van der Waals surface area (Å²) in [6.45, 7) is 6.59. The molecule has 0 aromatic heterocycles. The van der Waals surface area contributed by atoms with Crippen molar-refractivity contribution in [2.75, 3.05) is 33.0 Å². The van der Waals surface area contributed by atoms with E-state index in [-0.39, 0.29) is 18.1 Å². The van der Waals surface area contributed by atoms with Crippen molar-refractivity contribution in [1.29, 1.82) is 0 Å². The molecule has 2 atom stereocenters. The van der Waals surface area contributed by atoms with Crippen molar-refractivity contribution in [2.24, 2.45) is 0 Å². The zero-order chi connectivity index (χ0) is 13.2. The number of ether oxygens (including phenoxy) is 3. The van der Waals surface area contributed by atoms with E-state index in [0.717, 1.165) is 19.4 Å². The molecule has 0 amide bonds. The Hall–Kier alpha value is -0.650. The normalized spacial score (nSPS) is 21.6. The molecule has 0 saturated carbocycles. The van der Waals surface area contributed by atoms with Gasteiger partial charge in [0, 0.05) is 6.61 Å². The molecule has 2 unspecified atom stereocenters. The van der Waals surface area contributed by atoms with Gasteiger partial charge in [0.15, 0.2) is 0 Å². The van der Waals surface area contributed by atoms with E-state index in [0.29, 0.717) is 26.4 Å². The Morgan fingerprint density at radius 1 is 1.44 bits per heavy atom. The summed E-state index contributed by atoms with van der Waals surface area (Å²) in [5.41, 5.74) is 0. The number of hydrogen-bond acceptors (Lipinski definition) is 5. The predicted octanol–water partition coefficient (Wildman–Crippen LogP) is 1.11. The maximum absolute atomic E-state index is 11.6. The quantitative estimate of drug-likeness (QED) is 0.662. The molecule has 1 aliphatic rings. The highest BCUT2D eigenvalue weighted by molar-refractivity contribution is 5.75. The Morgan fingerprint density at radius 2 is 2.28 bits per heavy atom. The summed E-state index contributed by atoms with van der Waals surface area (Å²) >= 11 is 0. The Morgan fingerprint density at radius 3 is 2.89 bits per heavy atom. The summed E-state index contributed by atoms with van der Waals surface area (Å²) in [5, 5.41) is 3.06. The molecule has 0 aromatic rings. The van der Waals surface area contributed by atoms with E-state index in [2.05, 4.69) is 5.32 Å². The van der Waals surface area contributed by atoms with Gasteiger partial charge >= 0.3 is 5.97 Å². The van der Waals surface area contributed by atoms with Crippen LogP contribution in [-0.4, -0.2) is 51.1 Å². The fourth-order valence-corrected chi connectivity index (χ4v) is 1.96. The summed E-state index contributed by atoms with van der Waals surface area (Å²) in [4.78, 5) is 11.6. The van der Waals surface area contributed by atoms with E-state index >= 15 is 0 Å². The number of esters is 1. The van der Waals surface area contributed by atoms with Gasteiger partial charge in [-0.1, -0.05) is 6.92 Å². The molecule has 18 heavy (non-hydrogen) atoms. The third kappa shape index (κ3) is 5.80. The highest BCUT2D eigenvalue weighted by Crippen LogP contribution is 2.12. The highest BCUT2D eigenvalue weighted by atomic mass is 16.5. The summed E-state index contributed by atoms with van der Waals surface area (Å²) in [6.07, 6.45) is 3.57. The van der Waals surface area contributed by atoms with Crippen LogP contribution >= 0.6 is 0 Å². The van der Waals surface area contributed by atoms with Gasteiger partial charge < -0.3 is 19.5 Å². The third-order valence-corrected chi connectivity index (χ3v) is 2.88. The molecule has 106 valence electrons. The molecule has 1 saturated heterocycles. The van der Waals surface area contributed by atoms with Crippen LogP contribution in [0, 0.1) is 0 Å². The topological polar surface area (TPSA) is 56.8 Å². The van der Waals surface area contributed by atoms with Gasteiger partial charge in [0.2, 0.25) is 0 Å². The summed E-state index contributed by atoms with van der Waals surface area (Å²) in [6, 6.07) is -0.376. The van der Waals surface area contributed by atoms with Crippen molar-refractivity contribution in [3.8, 4) is 0 Å². The van der Waals surface area contributed by atoms with Gasteiger partial charge in [0.25, 0.3) is 0 Å². The van der Waals surface area contributed by atoms with Crippen molar-refractivity contribution in [3.63, 3.8) is 0 Å². The van der Waals surface area contributed by atoms with E-state index < -0.39 is 0 Å². The first kappa shape index (κ1) is 15.4. The first-order valence-corrected chi connectivity index (χ1v) is 6.87. The SMILES string of the molecule is CCNC(COCC1CCCCO1)C(=O)OCC. The van der Waals surface area contributed by atoms with Crippen molar-refractivity contribution in [1.82, 2.24) is 5.32 Å². The van der Waals surface area contributed by atoms with E-state index in [4.69, 9.17) is 14.2 Å². The molecule has 1 rings (SSSR count). The van der Waals surface area contributed by atoms with Gasteiger partial charge in [0.1, 0.15) is 6.04 Å². The lowest BCUT2D eigenvalue weighted by atomic mass is 10.1. The second-order valence-electron chi connectivity index (χ2n) is 4.39. The summed E-state index contributed by atoms with van der Waals surface area (Å²) < 4.78 is 16.1. The van der Waals surface area contributed by atoms with Gasteiger partial charge in [-0.2, -0.15) is 0 Å². The molecule has 0 radical (unpaired) electrons. The molecular formula is C13H25NO4. The molecule has 0 bridgehead atoms. The second-order valence-corrected chi connectivity index (χ2v) is 4.39. The van der Waals surface area contributed by atoms with E-state index in [1.807, 2.05) is 6.92 Å². The van der Waals surface area contributed by atoms with Crippen LogP contribution in [0.25, 0.3) is 0 Å². The van der Waals surface area contributed by atoms with Gasteiger partial charge in [-0.15, -0.1) is 0 Å². The van der Waals surface area contributed by atoms with Crippen LogP contribution in [0.3, 0.4) is 0 Å². The Bertz CT molecular complexity index is 229. The molecule has 1 heterocycles. The number of carbonyl (C=O) groups is 1. The average Bonchev–Trinajstić information content (AvgIpc) is 2.39. The van der Waals surface area contributed by atoms with Gasteiger partial charge in [-0.05, 0) is 32.7 Å². The number of nitrogens with one attached hydrogen (secondary N) is 1. The lowest BCUT2D eigenvalue weighted by Gasteiger charge is -2.23. The number of carbonyl (C=O) groups excluding carboxylic acids is 1. The first-order valence-electron chi connectivity index (χ1n) is 6.87. The monoisotopic (exact) mass is 259 g/mol. The molecule has 0 aliphatic carbocycles. The Balaban J connectivity index is 2.21. The largest absolute Gasteiger partial charge is 0.465 e. The lowest BCUT2D eigenvalue weighted by molar-refractivity contribution is -0.148. The molecule has 1 fully saturated rings. The highest BCUT2D eigenvalue weighted by Gasteiger charge is 2.20. The molecule has 0 spiro atoms. The molecular weight excluding hydrogens is 234 g/mol. The van der Waals surface area contributed by atoms with Crippen molar-refractivity contribution < 1.29 is 19.0 Å². The first-order chi connectivity index (χ1) is 8.77. The molecule has 1 aliphatic heterocycles. The Kier molecular flexibility index (Phi) is 7.96. The second kappa shape index (κ2) is 9.30. The minimum Gasteiger partial charge on any atom is -0.465 e. The number of hydrogen-bond donors (Lipinski definition) is 1. The molecule has 5 nitrogen and oxygen atoms in total. The van der Waals surface area contributed by atoms with Crippen molar-refractivity contribution in [2.45, 2.75) is 45.3 Å². The van der Waals surface area contributed by atoms with Crippen LogP contribution in [0.5, 0.6) is 0 Å². The van der Waals surface area contributed by atoms with Crippen LogP contribution in [-0.2, 0) is 19.0 Å². The predicted molar refractivity (Wildman–Crippen MR) is 68.5 cm³/mol. The van der Waals surface area contributed by atoms with Crippen LogP contribution in [0.4, 0.5) is 0 Å². The maximum Gasteiger partial charge on any atom is 0.325 e. The minimum atomic E-state index is -0.376. The summed E-state index contributed by atoms with van der Waals surface area (Å²) in [5.74, 6) is -0.246. The Labute approximate surface area is 109 Å². The maximum atomic E-state index is 11.6. The number of rotatable bonds is 8. The van der Waals surface area contributed by atoms with Crippen molar-refractivity contribution in [3.05, 3.63) is 0 Å². The molecule has 1 N–H and O–H groups in total. The molecule has 0 aromatic carbocycles. The van der Waals surface area contributed by atoms with E-state index in [1.165, 1.54) is 6.42 Å². The fourth-order valence-electron chi connectivity index (χ4n) is 1.96. The van der Waals surface area contributed by atoms with Crippen LogP contribution in [0.2, 0.25) is 0 Å². The van der Waals surface area contributed by atoms with Crippen LogP contribution < -0.4 is 5.32 Å². The van der Waals surface area contributed by atoms with Crippen LogP contribution in [0.1, 0.15) is 33.1 Å². The molecule has 5 heteroatoms. The van der Waals surface area contributed by atoms with Gasteiger partial charge in [-0.25, -0.2) is 0 Å². The third-order valence-electron chi connectivity index (χ3n) is 2.88. The number of likely N-dealkylation sites (N-methyl/N-ethyl adjacent to an activating group) is 1. The van der Waals surface area contributed by atoms with Crippen molar-refractivity contribution >= 4 is 5.97 Å². The smallest absolute Gasteiger partial charge is 0.325 e. The zero-order valence-corrected chi connectivity index (χ0v) is 11.4. The van der Waals surface area contributed by atoms with Crippen LogP contribution in [0.15, 0.2) is 0 Å². The van der Waals surface area contributed by atoms with Gasteiger partial charge in [-0.3, -0.25) is 4.79 Å². The fraction of sp³-hybridized carbons (Fsp3) is 0.923. The lowest BCUT2D eigenvalue weighted by Crippen LogP contribution is -2.42. The average molecular weight is 259 g/mol. The summed E-state index contributed by atoms with van der Waals surface area (Å²) in [7, 11) is 0. The van der Waals surface area contributed by atoms with E-state index in [1.54, 1.807) is 6.92 Å². The van der Waals surface area contributed by atoms with Gasteiger partial charge in [0.05, 0.1) is 25.9 Å².